The van der Waals surface area contributed by atoms with Crippen LogP contribution in [0, 0.1) is 24.7 Å². The Morgan fingerprint density at radius 3 is 2.44 bits per heavy atom. The van der Waals surface area contributed by atoms with E-state index in [1.54, 1.807) is 23.2 Å². The number of nitrogens with one attached hydrogen (secondary N) is 2. The van der Waals surface area contributed by atoms with Crippen molar-refractivity contribution in [2.24, 2.45) is 4.99 Å². The van der Waals surface area contributed by atoms with Crippen LogP contribution >= 0.6 is 22.9 Å². The van der Waals surface area contributed by atoms with Crippen LogP contribution in [-0.2, 0) is 4.79 Å². The van der Waals surface area contributed by atoms with Crippen molar-refractivity contribution in [3.05, 3.63) is 50.9 Å². The lowest BCUT2D eigenvalue weighted by Crippen LogP contribution is -2.40. The molecule has 2 N–H and O–H groups in total. The van der Waals surface area contributed by atoms with E-state index in [0.29, 0.717) is 5.02 Å². The predicted molar refractivity (Wildman–Crippen MR) is 114 cm³/mol. The zero-order valence-electron chi connectivity index (χ0n) is 15.7. The minimum atomic E-state index is -0.632. The topological polar surface area (TPSA) is 80.4 Å². The van der Waals surface area contributed by atoms with E-state index in [2.05, 4.69) is 0 Å². The molecule has 0 bridgehead atoms. The summed E-state index contributed by atoms with van der Waals surface area (Å²) >= 11 is 7.60. The summed E-state index contributed by atoms with van der Waals surface area (Å²) in [5, 5.41) is 18.4. The maximum atomic E-state index is 11.8. The Bertz CT molecular complexity index is 975. The molecule has 0 unspecified atom stereocenters. The summed E-state index contributed by atoms with van der Waals surface area (Å²) < 4.78 is 0. The molecule has 7 heteroatoms. The molecular weight excluding hydrogens is 380 g/mol. The first-order valence-electron chi connectivity index (χ1n) is 8.58. The number of Topliss-reactive ketones (excluding diaryl/α,β-unsaturated/α-hetero) is 1. The zero-order valence-corrected chi connectivity index (χ0v) is 17.3. The molecule has 3 rings (SSSR count). The Balaban J connectivity index is 2.31. The molecule has 0 aliphatic carbocycles. The van der Waals surface area contributed by atoms with E-state index in [4.69, 9.17) is 27.4 Å². The molecule has 1 atom stereocenters. The fourth-order valence-corrected chi connectivity index (χ4v) is 4.51. The highest BCUT2D eigenvalue weighted by Gasteiger charge is 2.34. The van der Waals surface area contributed by atoms with E-state index in [1.165, 1.54) is 6.92 Å². The molecule has 5 nitrogen and oxygen atoms in total. The molecule has 1 aliphatic rings. The van der Waals surface area contributed by atoms with Gasteiger partial charge in [0.15, 0.2) is 0 Å². The first kappa shape index (κ1) is 19.5. The Morgan fingerprint density at radius 1 is 1.26 bits per heavy atom. The van der Waals surface area contributed by atoms with Gasteiger partial charge in [-0.2, -0.15) is 0 Å². The molecule has 0 saturated heterocycles. The number of benzene rings is 1. The third-order valence-electron chi connectivity index (χ3n) is 4.58. The lowest BCUT2D eigenvalue weighted by Gasteiger charge is -2.24. The molecule has 0 saturated carbocycles. The van der Waals surface area contributed by atoms with Crippen LogP contribution in [-0.4, -0.2) is 29.2 Å². The summed E-state index contributed by atoms with van der Waals surface area (Å²) in [5.41, 5.74) is 3.61. The normalized spacial score (nSPS) is 16.6. The molecule has 2 aromatic rings. The van der Waals surface area contributed by atoms with E-state index in [9.17, 15) is 4.79 Å². The van der Waals surface area contributed by atoms with E-state index in [-0.39, 0.29) is 23.9 Å². The van der Waals surface area contributed by atoms with Crippen molar-refractivity contribution in [3.63, 3.8) is 0 Å². The van der Waals surface area contributed by atoms with Crippen molar-refractivity contribution in [1.82, 2.24) is 0 Å². The standard InChI is InChI=1S/C20H21ClN4OS/c1-10(26)9-16-19(23)25(13(4)22)20-17(11(2)12(3)27-20)18(24-16)14-5-7-15(21)8-6-14/h5-8,16,22-23H,9H2,1-4H3/t16-/m0/s1. The van der Waals surface area contributed by atoms with Crippen LogP contribution in [0.4, 0.5) is 5.00 Å². The van der Waals surface area contributed by atoms with Gasteiger partial charge in [0.05, 0.1) is 5.71 Å². The smallest absolute Gasteiger partial charge is 0.132 e. The van der Waals surface area contributed by atoms with Gasteiger partial charge >= 0.3 is 0 Å². The molecule has 1 aromatic heterocycles. The van der Waals surface area contributed by atoms with E-state index >= 15 is 0 Å². The summed E-state index contributed by atoms with van der Waals surface area (Å²) in [7, 11) is 0. The summed E-state index contributed by atoms with van der Waals surface area (Å²) in [5.74, 6) is 0.359. The van der Waals surface area contributed by atoms with Crippen molar-refractivity contribution < 1.29 is 4.79 Å². The van der Waals surface area contributed by atoms with Gasteiger partial charge in [-0.15, -0.1) is 11.3 Å². The third-order valence-corrected chi connectivity index (χ3v) is 6.03. The summed E-state index contributed by atoms with van der Waals surface area (Å²) in [6.45, 7) is 7.22. The van der Waals surface area contributed by atoms with Gasteiger partial charge in [-0.25, -0.2) is 0 Å². The van der Waals surface area contributed by atoms with Gasteiger partial charge in [-0.1, -0.05) is 23.7 Å². The van der Waals surface area contributed by atoms with Gasteiger partial charge in [-0.3, -0.25) is 25.5 Å². The Kier molecular flexibility index (Phi) is 5.31. The largest absolute Gasteiger partial charge is 0.300 e. The highest BCUT2D eigenvalue weighted by molar-refractivity contribution is 7.17. The van der Waals surface area contributed by atoms with Crippen LogP contribution in [0.5, 0.6) is 0 Å². The summed E-state index contributed by atoms with van der Waals surface area (Å²) in [4.78, 5) is 19.4. The summed E-state index contributed by atoms with van der Waals surface area (Å²) in [6, 6.07) is 6.79. The number of carbonyl (C=O) groups is 1. The fraction of sp³-hybridized carbons (Fsp3) is 0.300. The van der Waals surface area contributed by atoms with E-state index in [1.807, 2.05) is 38.1 Å². The number of nitrogens with zero attached hydrogens (tertiary/aromatic N) is 2. The van der Waals surface area contributed by atoms with Crippen LogP contribution in [0.25, 0.3) is 0 Å². The first-order chi connectivity index (χ1) is 12.7. The monoisotopic (exact) mass is 400 g/mol. The number of ketones is 1. The molecule has 27 heavy (non-hydrogen) atoms. The average Bonchev–Trinajstić information content (AvgIpc) is 2.80. The van der Waals surface area contributed by atoms with Crippen molar-refractivity contribution >= 4 is 51.1 Å². The van der Waals surface area contributed by atoms with Crippen LogP contribution in [0.2, 0.25) is 5.02 Å². The lowest BCUT2D eigenvalue weighted by molar-refractivity contribution is -0.117. The number of hydrogen-bond donors (Lipinski definition) is 2. The number of rotatable bonds is 3. The molecule has 140 valence electrons. The van der Waals surface area contributed by atoms with Gasteiger partial charge in [-0.05, 0) is 45.4 Å². The van der Waals surface area contributed by atoms with Gasteiger partial charge in [0.1, 0.15) is 28.5 Å². The Labute approximate surface area is 167 Å². The second kappa shape index (κ2) is 7.37. The highest BCUT2D eigenvalue weighted by Crippen LogP contribution is 2.40. The number of aliphatic imine (C=N–C) groups is 1. The molecule has 1 aromatic carbocycles. The molecule has 0 fully saturated rings. The molecule has 0 amide bonds. The number of fused-ring (bicyclic) bond motifs is 1. The molecular formula is C20H21ClN4OS. The summed E-state index contributed by atoms with van der Waals surface area (Å²) in [6.07, 6.45) is 0.132. The number of aryl methyl sites for hydroxylation is 1. The van der Waals surface area contributed by atoms with Crippen LogP contribution < -0.4 is 4.90 Å². The van der Waals surface area contributed by atoms with Crippen LogP contribution in [0.1, 0.15) is 41.8 Å². The van der Waals surface area contributed by atoms with Crippen molar-refractivity contribution in [1.29, 1.82) is 10.8 Å². The van der Waals surface area contributed by atoms with Crippen LogP contribution in [0.15, 0.2) is 29.3 Å². The highest BCUT2D eigenvalue weighted by atomic mass is 35.5. The molecule has 0 spiro atoms. The lowest BCUT2D eigenvalue weighted by atomic mass is 9.99. The molecule has 2 heterocycles. The average molecular weight is 401 g/mol. The van der Waals surface area contributed by atoms with Gasteiger partial charge in [0, 0.05) is 27.4 Å². The quantitative estimate of drug-likeness (QED) is 0.561. The maximum Gasteiger partial charge on any atom is 0.132 e. The Morgan fingerprint density at radius 2 is 1.89 bits per heavy atom. The van der Waals surface area contributed by atoms with Gasteiger partial charge < -0.3 is 0 Å². The van der Waals surface area contributed by atoms with Crippen molar-refractivity contribution in [2.45, 2.75) is 40.2 Å². The van der Waals surface area contributed by atoms with Crippen LogP contribution in [0.3, 0.4) is 0 Å². The maximum absolute atomic E-state index is 11.8. The minimum absolute atomic E-state index is 0.0373. The van der Waals surface area contributed by atoms with E-state index < -0.39 is 6.04 Å². The number of carbonyl (C=O) groups excluding carboxylic acids is 1. The number of hydrogen-bond acceptors (Lipinski definition) is 5. The molecule has 1 aliphatic heterocycles. The third kappa shape index (κ3) is 3.59. The SMILES string of the molecule is CC(=N)N1C(=N)[C@H](CC(C)=O)N=C(c2ccc(Cl)cc2)c2c1sc(C)c2C. The first-order valence-corrected chi connectivity index (χ1v) is 9.77. The zero-order chi connectivity index (χ0) is 19.9. The molecule has 0 radical (unpaired) electrons. The van der Waals surface area contributed by atoms with Crippen molar-refractivity contribution in [3.8, 4) is 0 Å². The van der Waals surface area contributed by atoms with E-state index in [0.717, 1.165) is 32.3 Å². The Hall–Kier alpha value is -2.31. The van der Waals surface area contributed by atoms with Gasteiger partial charge in [0.2, 0.25) is 0 Å². The second-order valence-electron chi connectivity index (χ2n) is 6.68. The fourth-order valence-electron chi connectivity index (χ4n) is 3.16. The number of anilines is 1. The second-order valence-corrected chi connectivity index (χ2v) is 8.32. The number of thiophene rings is 1. The van der Waals surface area contributed by atoms with Crippen molar-refractivity contribution in [2.75, 3.05) is 4.90 Å². The predicted octanol–water partition coefficient (Wildman–Crippen LogP) is 5.00. The number of amidine groups is 2. The van der Waals surface area contributed by atoms with Gasteiger partial charge in [0.25, 0.3) is 0 Å². The number of halogens is 1. The minimum Gasteiger partial charge on any atom is -0.300 e.